The van der Waals surface area contributed by atoms with Crippen LogP contribution >= 0.6 is 0 Å². The van der Waals surface area contributed by atoms with E-state index in [2.05, 4.69) is 14.9 Å². The largest absolute Gasteiger partial charge is 0.474 e. The Hall–Kier alpha value is -3.14. The van der Waals surface area contributed by atoms with E-state index >= 15 is 0 Å². The van der Waals surface area contributed by atoms with Crippen LogP contribution in [0.1, 0.15) is 32.3 Å². The average Bonchev–Trinajstić information content (AvgIpc) is 2.83. The van der Waals surface area contributed by atoms with Crippen molar-refractivity contribution in [2.24, 2.45) is 0 Å². The van der Waals surface area contributed by atoms with E-state index in [0.29, 0.717) is 50.6 Å². The number of piperidine rings is 1. The highest BCUT2D eigenvalue weighted by atomic mass is 19.1. The number of anilines is 1. The number of likely N-dealkylation sites (tertiary alicyclic amines) is 1. The van der Waals surface area contributed by atoms with E-state index < -0.39 is 5.82 Å². The molecular weight excluding hydrogens is 443 g/mol. The summed E-state index contributed by atoms with van der Waals surface area (Å²) in [5, 5.41) is 0. The maximum absolute atomic E-state index is 14.8. The fourth-order valence-electron chi connectivity index (χ4n) is 3.93. The molecule has 0 aliphatic carbocycles. The number of amides is 1. The monoisotopic (exact) mass is 474 g/mol. The molecule has 2 aromatic rings. The summed E-state index contributed by atoms with van der Waals surface area (Å²) in [6.45, 7) is 9.24. The van der Waals surface area contributed by atoms with Crippen LogP contribution in [0.15, 0.2) is 24.5 Å². The lowest BCUT2D eigenvalue weighted by Crippen LogP contribution is -2.42. The maximum atomic E-state index is 14.8. The van der Waals surface area contributed by atoms with Gasteiger partial charge in [0.15, 0.2) is 11.6 Å². The van der Waals surface area contributed by atoms with Gasteiger partial charge in [-0.3, -0.25) is 0 Å². The Morgan fingerprint density at radius 2 is 1.82 bits per heavy atom. The normalized spacial score (nSPS) is 17.1. The van der Waals surface area contributed by atoms with Crippen molar-refractivity contribution >= 4 is 11.8 Å². The predicted molar refractivity (Wildman–Crippen MR) is 123 cm³/mol. The van der Waals surface area contributed by atoms with Gasteiger partial charge >= 0.3 is 6.09 Å². The zero-order chi connectivity index (χ0) is 24.1. The highest BCUT2D eigenvalue weighted by Gasteiger charge is 2.26. The number of hydrogen-bond acceptors (Lipinski definition) is 8. The minimum atomic E-state index is -0.467. The Morgan fingerprint density at radius 3 is 2.50 bits per heavy atom. The molecule has 0 radical (unpaired) electrons. The summed E-state index contributed by atoms with van der Waals surface area (Å²) < 4.78 is 37.2. The van der Waals surface area contributed by atoms with Gasteiger partial charge in [-0.15, -0.1) is 0 Å². The van der Waals surface area contributed by atoms with Crippen LogP contribution < -0.4 is 14.4 Å². The van der Waals surface area contributed by atoms with Gasteiger partial charge in [-0.1, -0.05) is 0 Å². The van der Waals surface area contributed by atoms with Gasteiger partial charge in [-0.05, 0) is 32.9 Å². The summed E-state index contributed by atoms with van der Waals surface area (Å²) in [6.07, 6.45) is 2.10. The minimum absolute atomic E-state index is 0.0849. The third kappa shape index (κ3) is 5.85. The van der Waals surface area contributed by atoms with Crippen molar-refractivity contribution in [3.63, 3.8) is 0 Å². The second-order valence-electron chi connectivity index (χ2n) is 8.66. The lowest BCUT2D eigenvalue weighted by Gasteiger charge is -2.32. The number of halogens is 1. The molecule has 1 aromatic heterocycles. The van der Waals surface area contributed by atoms with Gasteiger partial charge in [-0.25, -0.2) is 19.2 Å². The standard InChI is InChI=1S/C24H31FN4O5/c1-16(2)32-24(30)29-8-6-19(7-9-29)33-22-17(3)23(27-15-26-22)34-21-5-4-18(14-20(21)25)28-10-12-31-13-11-28/h4-5,14-16,19H,6-13H2,1-3H3. The van der Waals surface area contributed by atoms with E-state index in [1.807, 2.05) is 19.9 Å². The van der Waals surface area contributed by atoms with Gasteiger partial charge in [0.05, 0.1) is 24.9 Å². The fraction of sp³-hybridized carbons (Fsp3) is 0.542. The van der Waals surface area contributed by atoms with E-state index in [4.69, 9.17) is 18.9 Å². The number of carbonyl (C=O) groups is 1. The summed E-state index contributed by atoms with van der Waals surface area (Å²) in [7, 11) is 0. The number of aromatic nitrogens is 2. The fourth-order valence-corrected chi connectivity index (χ4v) is 3.93. The number of rotatable bonds is 6. The zero-order valence-electron chi connectivity index (χ0n) is 19.8. The van der Waals surface area contributed by atoms with Gasteiger partial charge in [0.1, 0.15) is 12.4 Å². The number of morpholine rings is 1. The molecule has 10 heteroatoms. The molecule has 184 valence electrons. The van der Waals surface area contributed by atoms with Gasteiger partial charge in [0.2, 0.25) is 11.8 Å². The second-order valence-corrected chi connectivity index (χ2v) is 8.66. The van der Waals surface area contributed by atoms with Gasteiger partial charge in [0.25, 0.3) is 0 Å². The van der Waals surface area contributed by atoms with Crippen molar-refractivity contribution in [1.82, 2.24) is 14.9 Å². The average molecular weight is 475 g/mol. The molecule has 9 nitrogen and oxygen atoms in total. The maximum Gasteiger partial charge on any atom is 0.410 e. The predicted octanol–water partition coefficient (Wildman–Crippen LogP) is 3.94. The highest BCUT2D eigenvalue weighted by molar-refractivity contribution is 5.67. The SMILES string of the molecule is Cc1c(Oc2ccc(N3CCOCC3)cc2F)ncnc1OC1CCN(C(=O)OC(C)C)CC1. The molecule has 34 heavy (non-hydrogen) atoms. The molecule has 0 N–H and O–H groups in total. The van der Waals surface area contributed by atoms with Gasteiger partial charge < -0.3 is 28.7 Å². The van der Waals surface area contributed by atoms with Crippen LogP contribution in [-0.4, -0.2) is 72.6 Å². The van der Waals surface area contributed by atoms with Crippen LogP contribution in [-0.2, 0) is 9.47 Å². The molecule has 4 rings (SSSR count). The molecule has 2 saturated heterocycles. The summed E-state index contributed by atoms with van der Waals surface area (Å²) in [6, 6.07) is 4.90. The quantitative estimate of drug-likeness (QED) is 0.622. The Labute approximate surface area is 198 Å². The molecule has 0 bridgehead atoms. The van der Waals surface area contributed by atoms with Crippen molar-refractivity contribution in [3.8, 4) is 17.5 Å². The molecule has 0 atom stereocenters. The number of ether oxygens (including phenoxy) is 4. The van der Waals surface area contributed by atoms with Crippen LogP contribution in [0.25, 0.3) is 0 Å². The molecule has 1 amide bonds. The third-order valence-electron chi connectivity index (χ3n) is 5.80. The van der Waals surface area contributed by atoms with Crippen molar-refractivity contribution in [1.29, 1.82) is 0 Å². The summed E-state index contributed by atoms with van der Waals surface area (Å²) in [5.74, 6) is 0.242. The van der Waals surface area contributed by atoms with Gasteiger partial charge in [-0.2, -0.15) is 0 Å². The van der Waals surface area contributed by atoms with E-state index in [1.165, 1.54) is 12.4 Å². The number of nitrogens with zero attached hydrogens (tertiary/aromatic N) is 4. The molecule has 0 unspecified atom stereocenters. The topological polar surface area (TPSA) is 86.3 Å². The summed E-state index contributed by atoms with van der Waals surface area (Å²) >= 11 is 0. The first-order valence-electron chi connectivity index (χ1n) is 11.6. The van der Waals surface area contributed by atoms with Gasteiger partial charge in [0, 0.05) is 50.8 Å². The lowest BCUT2D eigenvalue weighted by atomic mass is 10.1. The number of carbonyl (C=O) groups excluding carboxylic acids is 1. The molecule has 2 aliphatic rings. The Balaban J connectivity index is 1.37. The van der Waals surface area contributed by atoms with E-state index in [9.17, 15) is 9.18 Å². The molecule has 0 spiro atoms. The van der Waals surface area contributed by atoms with Crippen molar-refractivity contribution in [3.05, 3.63) is 35.9 Å². The van der Waals surface area contributed by atoms with Crippen LogP contribution in [0.4, 0.5) is 14.9 Å². The lowest BCUT2D eigenvalue weighted by molar-refractivity contribution is 0.0505. The first-order valence-corrected chi connectivity index (χ1v) is 11.6. The Bertz CT molecular complexity index is 991. The number of benzene rings is 1. The van der Waals surface area contributed by atoms with Crippen molar-refractivity contribution in [2.45, 2.75) is 45.8 Å². The minimum Gasteiger partial charge on any atom is -0.474 e. The summed E-state index contributed by atoms with van der Waals surface area (Å²) in [5.41, 5.74) is 1.38. The highest BCUT2D eigenvalue weighted by Crippen LogP contribution is 2.32. The Kier molecular flexibility index (Phi) is 7.66. The third-order valence-corrected chi connectivity index (χ3v) is 5.80. The molecule has 2 aliphatic heterocycles. The molecule has 2 fully saturated rings. The van der Waals surface area contributed by atoms with Crippen LogP contribution in [0, 0.1) is 12.7 Å². The van der Waals surface area contributed by atoms with E-state index in [1.54, 1.807) is 17.9 Å². The van der Waals surface area contributed by atoms with Crippen LogP contribution in [0.5, 0.6) is 17.5 Å². The number of hydrogen-bond donors (Lipinski definition) is 0. The second kappa shape index (κ2) is 10.9. The van der Waals surface area contributed by atoms with Crippen LogP contribution in [0.2, 0.25) is 0 Å². The first-order chi connectivity index (χ1) is 16.4. The van der Waals surface area contributed by atoms with Crippen molar-refractivity contribution in [2.75, 3.05) is 44.3 Å². The smallest absolute Gasteiger partial charge is 0.410 e. The van der Waals surface area contributed by atoms with Crippen LogP contribution in [0.3, 0.4) is 0 Å². The van der Waals surface area contributed by atoms with E-state index in [-0.39, 0.29) is 29.9 Å². The molecular formula is C24H31FN4O5. The zero-order valence-corrected chi connectivity index (χ0v) is 19.8. The summed E-state index contributed by atoms with van der Waals surface area (Å²) in [4.78, 5) is 24.2. The van der Waals surface area contributed by atoms with Crippen molar-refractivity contribution < 1.29 is 28.1 Å². The molecule has 1 aromatic carbocycles. The molecule has 0 saturated carbocycles. The first kappa shape index (κ1) is 24.0. The van der Waals surface area contributed by atoms with E-state index in [0.717, 1.165) is 18.8 Å². The Morgan fingerprint density at radius 1 is 1.12 bits per heavy atom. The molecule has 3 heterocycles.